The van der Waals surface area contributed by atoms with Crippen molar-refractivity contribution in [2.24, 2.45) is 0 Å². The molecule has 39 heavy (non-hydrogen) atoms. The fourth-order valence-corrected chi connectivity index (χ4v) is 4.64. The standard InChI is InChI=1S/C32H29N3O3S/c1-38-25-17-15-22(16-18-25)26-19-28(23-7-3-2-4-8-23)34-30(26)32(37)33-20-21-11-13-24(14-12-21)31(36)35-27-9-5-6-10-29(27)39/h2-17,19,25,34,39H,18,20H2,1H3,(H,33,37)(H,35,36). The normalized spacial score (nSPS) is 14.5. The zero-order valence-electron chi connectivity index (χ0n) is 21.5. The third-order valence-corrected chi connectivity index (χ3v) is 7.02. The van der Waals surface area contributed by atoms with Gasteiger partial charge in [-0.3, -0.25) is 9.59 Å². The Kier molecular flexibility index (Phi) is 8.10. The number of H-pyrrole nitrogens is 1. The van der Waals surface area contributed by atoms with Gasteiger partial charge in [0.1, 0.15) is 5.69 Å². The fraction of sp³-hybridized carbons (Fsp3) is 0.125. The quantitative estimate of drug-likeness (QED) is 0.194. The number of benzene rings is 3. The Balaban J connectivity index is 1.30. The Morgan fingerprint density at radius 2 is 1.72 bits per heavy atom. The SMILES string of the molecule is COC1C=CC(c2cc(-c3ccccc3)[nH]c2C(=O)NCc2ccc(C(=O)Nc3ccccc3S)cc2)=CC1. The molecule has 1 unspecified atom stereocenters. The first-order chi connectivity index (χ1) is 19.0. The fourth-order valence-electron chi connectivity index (χ4n) is 4.43. The number of ether oxygens (including phenoxy) is 1. The first kappa shape index (κ1) is 26.3. The molecule has 7 heteroatoms. The van der Waals surface area contributed by atoms with E-state index in [1.54, 1.807) is 25.3 Å². The Morgan fingerprint density at radius 3 is 2.41 bits per heavy atom. The molecule has 1 aliphatic carbocycles. The van der Waals surface area contributed by atoms with Gasteiger partial charge in [0.25, 0.3) is 11.8 Å². The van der Waals surface area contributed by atoms with E-state index in [1.165, 1.54) is 0 Å². The number of hydrogen-bond acceptors (Lipinski definition) is 4. The van der Waals surface area contributed by atoms with Crippen LogP contribution in [0.4, 0.5) is 5.69 Å². The average Bonchev–Trinajstić information content (AvgIpc) is 3.44. The molecule has 3 N–H and O–H groups in total. The summed E-state index contributed by atoms with van der Waals surface area (Å²) in [6.07, 6.45) is 6.89. The molecule has 1 atom stereocenters. The van der Waals surface area contributed by atoms with Crippen molar-refractivity contribution >= 4 is 35.7 Å². The van der Waals surface area contributed by atoms with Crippen molar-refractivity contribution < 1.29 is 14.3 Å². The summed E-state index contributed by atoms with van der Waals surface area (Å²) in [4.78, 5) is 30.0. The molecular formula is C32H29N3O3S. The van der Waals surface area contributed by atoms with Crippen LogP contribution in [0.2, 0.25) is 0 Å². The molecule has 3 aromatic carbocycles. The number of aromatic nitrogens is 1. The number of thiol groups is 1. The van der Waals surface area contributed by atoms with Crippen molar-refractivity contribution in [1.29, 1.82) is 0 Å². The molecule has 2 amide bonds. The van der Waals surface area contributed by atoms with Crippen molar-refractivity contribution in [2.75, 3.05) is 12.4 Å². The molecule has 0 saturated carbocycles. The predicted molar refractivity (Wildman–Crippen MR) is 158 cm³/mol. The van der Waals surface area contributed by atoms with E-state index in [0.717, 1.165) is 34.4 Å². The molecule has 1 aliphatic rings. The molecule has 6 nitrogen and oxygen atoms in total. The molecule has 0 spiro atoms. The lowest BCUT2D eigenvalue weighted by Gasteiger charge is -2.15. The Bertz CT molecular complexity index is 1540. The smallest absolute Gasteiger partial charge is 0.268 e. The van der Waals surface area contributed by atoms with Gasteiger partial charge in [-0.1, -0.05) is 72.8 Å². The largest absolute Gasteiger partial charge is 0.377 e. The molecule has 5 rings (SSSR count). The summed E-state index contributed by atoms with van der Waals surface area (Å²) >= 11 is 4.38. The van der Waals surface area contributed by atoms with Crippen molar-refractivity contribution in [3.05, 3.63) is 126 Å². The molecule has 4 aromatic rings. The Labute approximate surface area is 233 Å². The number of para-hydroxylation sites is 1. The minimum Gasteiger partial charge on any atom is -0.377 e. The lowest BCUT2D eigenvalue weighted by atomic mass is 9.97. The number of carbonyl (C=O) groups excluding carboxylic acids is 2. The van der Waals surface area contributed by atoms with Gasteiger partial charge in [0.15, 0.2) is 0 Å². The summed E-state index contributed by atoms with van der Waals surface area (Å²) in [6, 6.07) is 26.4. The van der Waals surface area contributed by atoms with E-state index in [0.29, 0.717) is 28.4 Å². The third kappa shape index (κ3) is 6.22. The highest BCUT2D eigenvalue weighted by atomic mass is 32.1. The molecule has 1 heterocycles. The second kappa shape index (κ2) is 12.0. The van der Waals surface area contributed by atoms with E-state index in [2.05, 4.69) is 34.3 Å². The lowest BCUT2D eigenvalue weighted by molar-refractivity contribution is 0.0945. The van der Waals surface area contributed by atoms with Crippen LogP contribution in [0.3, 0.4) is 0 Å². The number of methoxy groups -OCH3 is 1. The third-order valence-electron chi connectivity index (χ3n) is 6.63. The van der Waals surface area contributed by atoms with Crippen molar-refractivity contribution in [2.45, 2.75) is 24.0 Å². The molecule has 0 saturated heterocycles. The number of hydrogen-bond donors (Lipinski definition) is 4. The Hall–Kier alpha value is -4.33. The van der Waals surface area contributed by atoms with Crippen LogP contribution in [0.5, 0.6) is 0 Å². The second-order valence-corrected chi connectivity index (χ2v) is 9.70. The molecule has 0 bridgehead atoms. The summed E-state index contributed by atoms with van der Waals surface area (Å²) in [7, 11) is 1.69. The number of amides is 2. The van der Waals surface area contributed by atoms with Crippen LogP contribution in [0.15, 0.2) is 108 Å². The van der Waals surface area contributed by atoms with Crippen LogP contribution in [0, 0.1) is 0 Å². The number of anilines is 1. The van der Waals surface area contributed by atoms with Gasteiger partial charge in [-0.05, 0) is 53.5 Å². The van der Waals surface area contributed by atoms with Gasteiger partial charge in [-0.2, -0.15) is 0 Å². The summed E-state index contributed by atoms with van der Waals surface area (Å²) in [6.45, 7) is 0.319. The zero-order chi connectivity index (χ0) is 27.2. The number of aromatic amines is 1. The van der Waals surface area contributed by atoms with E-state index < -0.39 is 0 Å². The molecule has 1 aromatic heterocycles. The monoisotopic (exact) mass is 535 g/mol. The van der Waals surface area contributed by atoms with Crippen molar-refractivity contribution in [3.8, 4) is 11.3 Å². The van der Waals surface area contributed by atoms with E-state index in [-0.39, 0.29) is 17.9 Å². The minimum atomic E-state index is -0.221. The maximum absolute atomic E-state index is 13.4. The van der Waals surface area contributed by atoms with E-state index in [4.69, 9.17) is 4.74 Å². The van der Waals surface area contributed by atoms with Gasteiger partial charge in [-0.25, -0.2) is 0 Å². The number of rotatable bonds is 8. The van der Waals surface area contributed by atoms with Gasteiger partial charge in [0.2, 0.25) is 0 Å². The maximum atomic E-state index is 13.4. The van der Waals surface area contributed by atoms with E-state index in [9.17, 15) is 9.59 Å². The van der Waals surface area contributed by atoms with Crippen LogP contribution in [0.1, 0.15) is 38.4 Å². The van der Waals surface area contributed by atoms with Crippen LogP contribution < -0.4 is 10.6 Å². The van der Waals surface area contributed by atoms with Crippen molar-refractivity contribution in [1.82, 2.24) is 10.3 Å². The average molecular weight is 536 g/mol. The second-order valence-electron chi connectivity index (χ2n) is 9.22. The zero-order valence-corrected chi connectivity index (χ0v) is 22.4. The van der Waals surface area contributed by atoms with Gasteiger partial charge >= 0.3 is 0 Å². The maximum Gasteiger partial charge on any atom is 0.268 e. The summed E-state index contributed by atoms with van der Waals surface area (Å²) in [5.74, 6) is -0.427. The van der Waals surface area contributed by atoms with Gasteiger partial charge in [0.05, 0.1) is 11.8 Å². The summed E-state index contributed by atoms with van der Waals surface area (Å²) in [5, 5.41) is 5.89. The molecule has 0 radical (unpaired) electrons. The van der Waals surface area contributed by atoms with Gasteiger partial charge < -0.3 is 20.4 Å². The molecular weight excluding hydrogens is 506 g/mol. The van der Waals surface area contributed by atoms with Crippen LogP contribution in [-0.2, 0) is 11.3 Å². The summed E-state index contributed by atoms with van der Waals surface area (Å²) < 4.78 is 5.43. The van der Waals surface area contributed by atoms with Crippen molar-refractivity contribution in [3.63, 3.8) is 0 Å². The number of carbonyl (C=O) groups is 2. The number of nitrogens with one attached hydrogen (secondary N) is 3. The first-order valence-electron chi connectivity index (χ1n) is 12.7. The highest BCUT2D eigenvalue weighted by molar-refractivity contribution is 7.80. The lowest BCUT2D eigenvalue weighted by Crippen LogP contribution is -2.24. The number of allylic oxidation sites excluding steroid dienone is 2. The molecule has 196 valence electrons. The topological polar surface area (TPSA) is 83.2 Å². The van der Waals surface area contributed by atoms with E-state index in [1.807, 2.05) is 78.9 Å². The molecule has 0 aliphatic heterocycles. The van der Waals surface area contributed by atoms with E-state index >= 15 is 0 Å². The molecule has 0 fully saturated rings. The first-order valence-corrected chi connectivity index (χ1v) is 13.1. The van der Waals surface area contributed by atoms with Crippen LogP contribution in [0.25, 0.3) is 16.8 Å². The van der Waals surface area contributed by atoms with Crippen LogP contribution >= 0.6 is 12.6 Å². The highest BCUT2D eigenvalue weighted by Gasteiger charge is 2.20. The van der Waals surface area contributed by atoms with Gasteiger partial charge in [-0.15, -0.1) is 12.6 Å². The van der Waals surface area contributed by atoms with Crippen LogP contribution in [-0.4, -0.2) is 30.0 Å². The summed E-state index contributed by atoms with van der Waals surface area (Å²) in [5.41, 5.74) is 6.25. The van der Waals surface area contributed by atoms with Gasteiger partial charge in [0, 0.05) is 35.4 Å². The highest BCUT2D eigenvalue weighted by Crippen LogP contribution is 2.30. The predicted octanol–water partition coefficient (Wildman–Crippen LogP) is 6.51. The Morgan fingerprint density at radius 1 is 0.974 bits per heavy atom. The minimum absolute atomic E-state index is 0.0382.